The summed E-state index contributed by atoms with van der Waals surface area (Å²) < 4.78 is 0. The van der Waals surface area contributed by atoms with Crippen LogP contribution >= 0.6 is 11.3 Å². The van der Waals surface area contributed by atoms with E-state index in [2.05, 4.69) is 5.32 Å². The normalized spacial score (nSPS) is 11.0. The van der Waals surface area contributed by atoms with E-state index in [1.165, 1.54) is 0 Å². The molecule has 0 fully saturated rings. The Kier molecular flexibility index (Phi) is 3.61. The number of thiophene rings is 1. The molecule has 0 aliphatic rings. The van der Waals surface area contributed by atoms with E-state index in [4.69, 9.17) is 0 Å². The van der Waals surface area contributed by atoms with Gasteiger partial charge in [0, 0.05) is 22.0 Å². The van der Waals surface area contributed by atoms with Gasteiger partial charge in [-0.1, -0.05) is 42.5 Å². The summed E-state index contributed by atoms with van der Waals surface area (Å²) in [6.45, 7) is 0. The third-order valence-electron chi connectivity index (χ3n) is 2.99. The van der Waals surface area contributed by atoms with Crippen LogP contribution in [0.2, 0.25) is 0 Å². The molecule has 20 heavy (non-hydrogen) atoms. The first-order valence-electron chi connectivity index (χ1n) is 6.33. The van der Waals surface area contributed by atoms with Crippen LogP contribution in [0.1, 0.15) is 4.88 Å². The van der Waals surface area contributed by atoms with Gasteiger partial charge in [-0.15, -0.1) is 11.3 Å². The van der Waals surface area contributed by atoms with Crippen LogP contribution in [0, 0.1) is 0 Å². The summed E-state index contributed by atoms with van der Waals surface area (Å²) >= 11 is 1.61. The zero-order valence-electron chi connectivity index (χ0n) is 10.7. The lowest BCUT2D eigenvalue weighted by molar-refractivity contribution is -0.111. The Labute approximate surface area is 121 Å². The van der Waals surface area contributed by atoms with E-state index in [-0.39, 0.29) is 5.91 Å². The number of benzene rings is 2. The molecule has 0 atom stereocenters. The minimum atomic E-state index is -0.116. The lowest BCUT2D eigenvalue weighted by Gasteiger charge is -2.06. The van der Waals surface area contributed by atoms with Gasteiger partial charge in [-0.3, -0.25) is 4.79 Å². The number of amides is 1. The van der Waals surface area contributed by atoms with Gasteiger partial charge in [-0.2, -0.15) is 0 Å². The van der Waals surface area contributed by atoms with E-state index in [1.54, 1.807) is 17.4 Å². The van der Waals surface area contributed by atoms with E-state index in [9.17, 15) is 4.79 Å². The highest BCUT2D eigenvalue weighted by atomic mass is 32.1. The van der Waals surface area contributed by atoms with Crippen LogP contribution in [-0.4, -0.2) is 5.91 Å². The van der Waals surface area contributed by atoms with Crippen LogP contribution in [-0.2, 0) is 4.79 Å². The summed E-state index contributed by atoms with van der Waals surface area (Å²) in [6, 6.07) is 17.8. The number of carbonyl (C=O) groups excluding carboxylic acids is 1. The Hall–Kier alpha value is -2.39. The lowest BCUT2D eigenvalue weighted by Crippen LogP contribution is -2.07. The Morgan fingerprint density at radius 1 is 1.00 bits per heavy atom. The predicted molar refractivity (Wildman–Crippen MR) is 85.9 cm³/mol. The van der Waals surface area contributed by atoms with E-state index in [1.807, 2.05) is 66.1 Å². The molecule has 1 aromatic heterocycles. The maximum absolute atomic E-state index is 12.0. The molecular weight excluding hydrogens is 266 g/mol. The largest absolute Gasteiger partial charge is 0.322 e. The van der Waals surface area contributed by atoms with Gasteiger partial charge in [0.15, 0.2) is 0 Å². The number of nitrogens with one attached hydrogen (secondary N) is 1. The van der Waals surface area contributed by atoms with Crippen molar-refractivity contribution < 1.29 is 4.79 Å². The van der Waals surface area contributed by atoms with Crippen molar-refractivity contribution in [2.24, 2.45) is 0 Å². The second-order valence-electron chi connectivity index (χ2n) is 4.36. The first kappa shape index (κ1) is 12.6. The number of rotatable bonds is 3. The molecule has 0 saturated heterocycles. The van der Waals surface area contributed by atoms with Crippen LogP contribution in [0.4, 0.5) is 5.69 Å². The smallest absolute Gasteiger partial charge is 0.248 e. The number of hydrogen-bond donors (Lipinski definition) is 1. The zero-order valence-corrected chi connectivity index (χ0v) is 11.6. The summed E-state index contributed by atoms with van der Waals surface area (Å²) in [5.41, 5.74) is 0.837. The quantitative estimate of drug-likeness (QED) is 0.700. The molecule has 0 aliphatic heterocycles. The van der Waals surface area contributed by atoms with Crippen molar-refractivity contribution in [2.45, 2.75) is 0 Å². The van der Waals surface area contributed by atoms with Crippen molar-refractivity contribution in [2.75, 3.05) is 5.32 Å². The third kappa shape index (κ3) is 2.78. The Bertz CT molecular complexity index is 754. The molecule has 0 bridgehead atoms. The molecule has 3 aromatic rings. The summed E-state index contributed by atoms with van der Waals surface area (Å²) in [7, 11) is 0. The van der Waals surface area contributed by atoms with Gasteiger partial charge in [0.2, 0.25) is 5.91 Å². The van der Waals surface area contributed by atoms with Crippen LogP contribution in [0.15, 0.2) is 66.1 Å². The third-order valence-corrected chi connectivity index (χ3v) is 3.83. The van der Waals surface area contributed by atoms with Gasteiger partial charge in [0.25, 0.3) is 0 Å². The van der Waals surface area contributed by atoms with Gasteiger partial charge >= 0.3 is 0 Å². The van der Waals surface area contributed by atoms with E-state index in [0.717, 1.165) is 21.3 Å². The van der Waals surface area contributed by atoms with Gasteiger partial charge in [-0.05, 0) is 29.0 Å². The number of fused-ring (bicyclic) bond motifs is 1. The maximum atomic E-state index is 12.0. The van der Waals surface area contributed by atoms with E-state index < -0.39 is 0 Å². The highest BCUT2D eigenvalue weighted by Gasteiger charge is 2.02. The first-order valence-corrected chi connectivity index (χ1v) is 7.21. The summed E-state index contributed by atoms with van der Waals surface area (Å²) in [6.07, 6.45) is 3.39. The minimum absolute atomic E-state index is 0.116. The van der Waals surface area contributed by atoms with Crippen molar-refractivity contribution in [3.05, 3.63) is 70.9 Å². The fourth-order valence-corrected chi connectivity index (χ4v) is 2.67. The number of carbonyl (C=O) groups is 1. The molecule has 0 saturated carbocycles. The lowest BCUT2D eigenvalue weighted by atomic mass is 10.1. The van der Waals surface area contributed by atoms with Crippen molar-refractivity contribution in [3.63, 3.8) is 0 Å². The molecule has 2 nitrogen and oxygen atoms in total. The van der Waals surface area contributed by atoms with Crippen LogP contribution in [0.5, 0.6) is 0 Å². The minimum Gasteiger partial charge on any atom is -0.322 e. The summed E-state index contributed by atoms with van der Waals surface area (Å²) in [5.74, 6) is -0.116. The maximum Gasteiger partial charge on any atom is 0.248 e. The zero-order chi connectivity index (χ0) is 13.8. The van der Waals surface area contributed by atoms with Crippen LogP contribution in [0.25, 0.3) is 16.8 Å². The Balaban J connectivity index is 1.81. The Morgan fingerprint density at radius 2 is 1.85 bits per heavy atom. The molecule has 1 heterocycles. The molecule has 0 unspecified atom stereocenters. The van der Waals surface area contributed by atoms with Crippen LogP contribution < -0.4 is 5.32 Å². The first-order chi connectivity index (χ1) is 9.83. The summed E-state index contributed by atoms with van der Waals surface area (Å²) in [5, 5.41) is 7.08. The molecule has 0 spiro atoms. The number of hydrogen-bond acceptors (Lipinski definition) is 2. The number of anilines is 1. The Morgan fingerprint density at radius 3 is 2.70 bits per heavy atom. The fourth-order valence-electron chi connectivity index (χ4n) is 2.05. The highest BCUT2D eigenvalue weighted by molar-refractivity contribution is 7.10. The molecule has 1 N–H and O–H groups in total. The molecule has 3 heteroatoms. The molecule has 1 amide bonds. The summed E-state index contributed by atoms with van der Waals surface area (Å²) in [4.78, 5) is 13.0. The molecule has 98 valence electrons. The van der Waals surface area contributed by atoms with Crippen molar-refractivity contribution in [1.82, 2.24) is 0 Å². The second-order valence-corrected chi connectivity index (χ2v) is 5.34. The fraction of sp³-hybridized carbons (Fsp3) is 0. The SMILES string of the molecule is O=C(C=Cc1cccs1)Nc1cccc2ccccc12. The molecule has 0 aliphatic carbocycles. The van der Waals surface area contributed by atoms with Gasteiger partial charge in [0.05, 0.1) is 0 Å². The van der Waals surface area contributed by atoms with Crippen molar-refractivity contribution >= 4 is 39.8 Å². The molecular formula is C17H13NOS. The second kappa shape index (κ2) is 5.72. The highest BCUT2D eigenvalue weighted by Crippen LogP contribution is 2.23. The molecule has 0 radical (unpaired) electrons. The van der Waals surface area contributed by atoms with Gasteiger partial charge in [0.1, 0.15) is 0 Å². The van der Waals surface area contributed by atoms with Crippen molar-refractivity contribution in [1.29, 1.82) is 0 Å². The van der Waals surface area contributed by atoms with Gasteiger partial charge in [-0.25, -0.2) is 0 Å². The van der Waals surface area contributed by atoms with E-state index in [0.29, 0.717) is 0 Å². The van der Waals surface area contributed by atoms with E-state index >= 15 is 0 Å². The monoisotopic (exact) mass is 279 g/mol. The van der Waals surface area contributed by atoms with Crippen molar-refractivity contribution in [3.8, 4) is 0 Å². The predicted octanol–water partition coefficient (Wildman–Crippen LogP) is 4.55. The average Bonchev–Trinajstić information content (AvgIpc) is 2.99. The molecule has 2 aromatic carbocycles. The standard InChI is InChI=1S/C17H13NOS/c19-17(11-10-14-7-4-12-20-14)18-16-9-3-6-13-5-1-2-8-15(13)16/h1-12H,(H,18,19). The molecule has 3 rings (SSSR count). The van der Waals surface area contributed by atoms with Gasteiger partial charge < -0.3 is 5.32 Å². The average molecular weight is 279 g/mol. The topological polar surface area (TPSA) is 29.1 Å². The van der Waals surface area contributed by atoms with Crippen LogP contribution in [0.3, 0.4) is 0 Å².